The van der Waals surface area contributed by atoms with E-state index in [-0.39, 0.29) is 11.1 Å². The molecule has 92 valence electrons. The third kappa shape index (κ3) is 2.68. The van der Waals surface area contributed by atoms with E-state index in [2.05, 4.69) is 0 Å². The number of benzene rings is 1. The maximum Gasteiger partial charge on any atom is 0.334 e. The molecule has 0 aromatic heterocycles. The quantitative estimate of drug-likeness (QED) is 0.651. The molecule has 0 spiro atoms. The van der Waals surface area contributed by atoms with Crippen molar-refractivity contribution in [2.45, 2.75) is 13.0 Å². The van der Waals surface area contributed by atoms with Gasteiger partial charge in [-0.3, -0.25) is 5.01 Å². The minimum atomic E-state index is -0.474. The van der Waals surface area contributed by atoms with E-state index in [1.165, 1.54) is 17.1 Å². The van der Waals surface area contributed by atoms with E-state index >= 15 is 0 Å². The second kappa shape index (κ2) is 4.89. The number of hydrogen-bond acceptors (Lipinski definition) is 2. The predicted molar refractivity (Wildman–Crippen MR) is 62.7 cm³/mol. The van der Waals surface area contributed by atoms with Gasteiger partial charge in [-0.2, -0.15) is 0 Å². The van der Waals surface area contributed by atoms with E-state index in [9.17, 15) is 9.18 Å². The van der Waals surface area contributed by atoms with Gasteiger partial charge < -0.3 is 4.90 Å². The number of amides is 2. The monoisotopic (exact) mass is 257 g/mol. The normalized spacial score (nSPS) is 16.5. The highest BCUT2D eigenvalue weighted by Gasteiger charge is 2.23. The Labute approximate surface area is 104 Å². The Hall–Kier alpha value is -1.33. The fourth-order valence-electron chi connectivity index (χ4n) is 1.81. The lowest BCUT2D eigenvalue weighted by Gasteiger charge is -2.32. The summed E-state index contributed by atoms with van der Waals surface area (Å²) in [6.07, 6.45) is 0.818. The standard InChI is InChI=1S/C11H13ClFN3O/c12-9-3-2-8(6-10(9)13)7-15-4-1-5-16(14)11(15)17/h2-3,6H,1,4-5,7,14H2. The van der Waals surface area contributed by atoms with E-state index in [0.717, 1.165) is 6.42 Å². The van der Waals surface area contributed by atoms with Crippen LogP contribution in [0.4, 0.5) is 9.18 Å². The molecule has 1 saturated heterocycles. The van der Waals surface area contributed by atoms with E-state index in [1.54, 1.807) is 11.0 Å². The van der Waals surface area contributed by atoms with E-state index in [1.807, 2.05) is 0 Å². The second-order valence-corrected chi connectivity index (χ2v) is 4.41. The van der Waals surface area contributed by atoms with Gasteiger partial charge in [0.05, 0.1) is 5.02 Å². The van der Waals surface area contributed by atoms with Crippen molar-refractivity contribution in [3.63, 3.8) is 0 Å². The summed E-state index contributed by atoms with van der Waals surface area (Å²) in [5.74, 6) is 5.05. The van der Waals surface area contributed by atoms with Crippen LogP contribution in [0.5, 0.6) is 0 Å². The molecule has 2 N–H and O–H groups in total. The molecule has 4 nitrogen and oxygen atoms in total. The smallest absolute Gasteiger partial charge is 0.319 e. The molecule has 1 aliphatic heterocycles. The third-order valence-electron chi connectivity index (χ3n) is 2.70. The zero-order valence-electron chi connectivity index (χ0n) is 9.20. The zero-order chi connectivity index (χ0) is 12.4. The number of rotatable bonds is 2. The third-order valence-corrected chi connectivity index (χ3v) is 3.01. The van der Waals surface area contributed by atoms with E-state index in [0.29, 0.717) is 25.2 Å². The van der Waals surface area contributed by atoms with Crippen LogP contribution in [-0.2, 0) is 6.54 Å². The molecular formula is C11H13ClFN3O. The molecule has 1 fully saturated rings. The number of urea groups is 1. The van der Waals surface area contributed by atoms with Crippen LogP contribution < -0.4 is 5.84 Å². The Balaban J connectivity index is 2.09. The molecule has 1 aromatic carbocycles. The van der Waals surface area contributed by atoms with Crippen molar-refractivity contribution in [3.05, 3.63) is 34.6 Å². The SMILES string of the molecule is NN1CCCN(Cc2ccc(Cl)c(F)c2)C1=O. The topological polar surface area (TPSA) is 49.6 Å². The first-order valence-electron chi connectivity index (χ1n) is 5.33. The van der Waals surface area contributed by atoms with Gasteiger partial charge in [0.25, 0.3) is 0 Å². The molecule has 0 atom stereocenters. The van der Waals surface area contributed by atoms with E-state index in [4.69, 9.17) is 17.4 Å². The molecule has 0 saturated carbocycles. The Morgan fingerprint density at radius 1 is 1.41 bits per heavy atom. The fourth-order valence-corrected chi connectivity index (χ4v) is 1.93. The van der Waals surface area contributed by atoms with Crippen LogP contribution in [0.3, 0.4) is 0 Å². The van der Waals surface area contributed by atoms with Crippen molar-refractivity contribution in [1.82, 2.24) is 9.91 Å². The molecule has 0 aliphatic carbocycles. The molecule has 2 amide bonds. The van der Waals surface area contributed by atoms with Gasteiger partial charge >= 0.3 is 6.03 Å². The minimum absolute atomic E-state index is 0.0826. The average Bonchev–Trinajstić information content (AvgIpc) is 2.30. The summed E-state index contributed by atoms with van der Waals surface area (Å²) in [7, 11) is 0. The van der Waals surface area contributed by atoms with Gasteiger partial charge in [0.15, 0.2) is 0 Å². The lowest BCUT2D eigenvalue weighted by Crippen LogP contribution is -2.52. The lowest BCUT2D eigenvalue weighted by atomic mass is 10.2. The van der Waals surface area contributed by atoms with Crippen LogP contribution in [-0.4, -0.2) is 29.0 Å². The maximum atomic E-state index is 13.2. The molecule has 1 aliphatic rings. The maximum absolute atomic E-state index is 13.2. The van der Waals surface area contributed by atoms with Gasteiger partial charge in [-0.05, 0) is 24.1 Å². The summed E-state index contributed by atoms with van der Waals surface area (Å²) < 4.78 is 13.2. The van der Waals surface area contributed by atoms with Crippen molar-refractivity contribution < 1.29 is 9.18 Å². The first-order chi connectivity index (χ1) is 8.08. The van der Waals surface area contributed by atoms with Crippen molar-refractivity contribution in [1.29, 1.82) is 0 Å². The van der Waals surface area contributed by atoms with Gasteiger partial charge in [0.2, 0.25) is 0 Å². The highest BCUT2D eigenvalue weighted by molar-refractivity contribution is 6.30. The lowest BCUT2D eigenvalue weighted by molar-refractivity contribution is 0.127. The highest BCUT2D eigenvalue weighted by Crippen LogP contribution is 2.18. The van der Waals surface area contributed by atoms with Crippen molar-refractivity contribution in [2.75, 3.05) is 13.1 Å². The number of carbonyl (C=O) groups excluding carboxylic acids is 1. The summed E-state index contributed by atoms with van der Waals surface area (Å²) in [4.78, 5) is 13.3. The summed E-state index contributed by atoms with van der Waals surface area (Å²) in [6.45, 7) is 1.54. The molecule has 1 aromatic rings. The summed E-state index contributed by atoms with van der Waals surface area (Å²) >= 11 is 5.59. The molecule has 6 heteroatoms. The minimum Gasteiger partial charge on any atom is -0.319 e. The molecule has 0 bridgehead atoms. The average molecular weight is 258 g/mol. The second-order valence-electron chi connectivity index (χ2n) is 4.00. The molecule has 1 heterocycles. The van der Waals surface area contributed by atoms with Crippen LogP contribution in [0.25, 0.3) is 0 Å². The van der Waals surface area contributed by atoms with Crippen LogP contribution in [0, 0.1) is 5.82 Å². The first kappa shape index (κ1) is 12.1. The van der Waals surface area contributed by atoms with E-state index < -0.39 is 5.82 Å². The molecule has 0 radical (unpaired) electrons. The Kier molecular flexibility index (Phi) is 3.49. The van der Waals surface area contributed by atoms with Gasteiger partial charge in [-0.1, -0.05) is 17.7 Å². The largest absolute Gasteiger partial charge is 0.334 e. The van der Waals surface area contributed by atoms with Crippen LogP contribution in [0.2, 0.25) is 5.02 Å². The van der Waals surface area contributed by atoms with Crippen LogP contribution in [0.15, 0.2) is 18.2 Å². The number of nitrogens with zero attached hydrogens (tertiary/aromatic N) is 2. The Bertz CT molecular complexity index is 441. The van der Waals surface area contributed by atoms with Crippen molar-refractivity contribution >= 4 is 17.6 Å². The van der Waals surface area contributed by atoms with Crippen molar-refractivity contribution in [3.8, 4) is 0 Å². The number of hydrazine groups is 1. The number of halogens is 2. The van der Waals surface area contributed by atoms with Gasteiger partial charge in [-0.25, -0.2) is 15.0 Å². The van der Waals surface area contributed by atoms with Gasteiger partial charge in [-0.15, -0.1) is 0 Å². The summed E-state index contributed by atoms with van der Waals surface area (Å²) in [6, 6.07) is 4.30. The molecular weight excluding hydrogens is 245 g/mol. The fraction of sp³-hybridized carbons (Fsp3) is 0.364. The van der Waals surface area contributed by atoms with Crippen molar-refractivity contribution in [2.24, 2.45) is 5.84 Å². The Morgan fingerprint density at radius 3 is 2.88 bits per heavy atom. The molecule has 0 unspecified atom stereocenters. The number of hydrogen-bond donors (Lipinski definition) is 1. The summed E-state index contributed by atoms with van der Waals surface area (Å²) in [5.41, 5.74) is 0.704. The molecule has 2 rings (SSSR count). The molecule has 17 heavy (non-hydrogen) atoms. The number of nitrogens with two attached hydrogens (primary N) is 1. The predicted octanol–water partition coefficient (Wildman–Crippen LogP) is 1.98. The van der Waals surface area contributed by atoms with Gasteiger partial charge in [0, 0.05) is 19.6 Å². The summed E-state index contributed by atoms with van der Waals surface area (Å²) in [5, 5.41) is 1.26. The van der Waals surface area contributed by atoms with Crippen LogP contribution >= 0.6 is 11.6 Å². The highest BCUT2D eigenvalue weighted by atomic mass is 35.5. The number of carbonyl (C=O) groups is 1. The van der Waals surface area contributed by atoms with Gasteiger partial charge in [0.1, 0.15) is 5.82 Å². The van der Waals surface area contributed by atoms with Crippen LogP contribution in [0.1, 0.15) is 12.0 Å². The zero-order valence-corrected chi connectivity index (χ0v) is 9.95. The first-order valence-corrected chi connectivity index (χ1v) is 5.71. The Morgan fingerprint density at radius 2 is 2.18 bits per heavy atom.